The number of hydrogen-bond acceptors (Lipinski definition) is 10. The molecular formula is C27H32N6O7. The Morgan fingerprint density at radius 3 is 2.73 bits per heavy atom. The Kier molecular flexibility index (Phi) is 8.29. The summed E-state index contributed by atoms with van der Waals surface area (Å²) >= 11 is 0. The van der Waals surface area contributed by atoms with Gasteiger partial charge in [0.2, 0.25) is 24.4 Å². The van der Waals surface area contributed by atoms with Crippen molar-refractivity contribution in [3.05, 3.63) is 42.0 Å². The molecule has 2 aliphatic heterocycles. The summed E-state index contributed by atoms with van der Waals surface area (Å²) < 4.78 is 27.1. The van der Waals surface area contributed by atoms with Crippen molar-refractivity contribution in [3.63, 3.8) is 0 Å². The third kappa shape index (κ3) is 6.09. The monoisotopic (exact) mass is 552 g/mol. The molecule has 1 N–H and O–H groups in total. The van der Waals surface area contributed by atoms with Crippen LogP contribution >= 0.6 is 0 Å². The van der Waals surface area contributed by atoms with E-state index in [0.717, 1.165) is 18.4 Å². The van der Waals surface area contributed by atoms with Gasteiger partial charge in [-0.15, -0.1) is 10.2 Å². The quantitative estimate of drug-likeness (QED) is 0.375. The lowest BCUT2D eigenvalue weighted by molar-refractivity contribution is -0.141. The number of carbonyl (C=O) groups excluding carboxylic acids is 2. The molecule has 3 heterocycles. The van der Waals surface area contributed by atoms with Crippen LogP contribution in [0.3, 0.4) is 0 Å². The van der Waals surface area contributed by atoms with Crippen molar-refractivity contribution in [2.45, 2.75) is 45.0 Å². The summed E-state index contributed by atoms with van der Waals surface area (Å²) in [5.41, 5.74) is 1.43. The van der Waals surface area contributed by atoms with E-state index >= 15 is 0 Å². The van der Waals surface area contributed by atoms with Gasteiger partial charge in [0.1, 0.15) is 12.6 Å². The van der Waals surface area contributed by atoms with Gasteiger partial charge < -0.3 is 33.9 Å². The van der Waals surface area contributed by atoms with Crippen molar-refractivity contribution in [2.75, 3.05) is 34.2 Å². The van der Waals surface area contributed by atoms with Gasteiger partial charge in [0, 0.05) is 25.3 Å². The Labute approximate surface area is 231 Å². The standard InChI is InChI=1S/C27H32N6O7/c1-17(27(35)28-13-20-5-4-10-38-20)32(14-18-6-8-22-24(11-18)40-16-39-22)25(34)15-33-30-26(29-31-33)19-7-9-21(36-2)23(12-19)37-3/h6-9,11-12,17,20H,4-5,10,13-16H2,1-3H3,(H,28,35). The van der Waals surface area contributed by atoms with Crippen LogP contribution in [0.4, 0.5) is 0 Å². The largest absolute Gasteiger partial charge is 0.493 e. The molecule has 0 bridgehead atoms. The van der Waals surface area contributed by atoms with Crippen LogP contribution < -0.4 is 24.3 Å². The number of ether oxygens (including phenoxy) is 5. The molecule has 40 heavy (non-hydrogen) atoms. The van der Waals surface area contributed by atoms with Gasteiger partial charge in [-0.1, -0.05) is 6.07 Å². The Balaban J connectivity index is 1.32. The molecule has 1 aromatic heterocycles. The number of tetrazole rings is 1. The minimum absolute atomic E-state index is 0.0106. The summed E-state index contributed by atoms with van der Waals surface area (Å²) in [4.78, 5) is 29.4. The summed E-state index contributed by atoms with van der Waals surface area (Å²) in [6.45, 7) is 2.88. The minimum atomic E-state index is -0.770. The van der Waals surface area contributed by atoms with E-state index in [2.05, 4.69) is 20.7 Å². The van der Waals surface area contributed by atoms with Crippen molar-refractivity contribution in [3.8, 4) is 34.4 Å². The zero-order valence-corrected chi connectivity index (χ0v) is 22.7. The third-order valence-electron chi connectivity index (χ3n) is 6.86. The topological polar surface area (TPSA) is 139 Å². The average Bonchev–Trinajstić information content (AvgIpc) is 3.76. The van der Waals surface area contributed by atoms with Crippen molar-refractivity contribution in [1.82, 2.24) is 30.4 Å². The fourth-order valence-electron chi connectivity index (χ4n) is 4.60. The van der Waals surface area contributed by atoms with Gasteiger partial charge in [-0.25, -0.2) is 0 Å². The number of methoxy groups -OCH3 is 2. The first-order chi connectivity index (χ1) is 19.4. The van der Waals surface area contributed by atoms with E-state index in [4.69, 9.17) is 23.7 Å². The van der Waals surface area contributed by atoms with Crippen LogP contribution in [0.2, 0.25) is 0 Å². The molecule has 1 saturated heterocycles. The maximum absolute atomic E-state index is 13.6. The van der Waals surface area contributed by atoms with Gasteiger partial charge in [-0.3, -0.25) is 9.59 Å². The second-order valence-electron chi connectivity index (χ2n) is 9.48. The van der Waals surface area contributed by atoms with Gasteiger partial charge in [0.05, 0.1) is 20.3 Å². The lowest BCUT2D eigenvalue weighted by Gasteiger charge is -2.29. The first kappa shape index (κ1) is 27.2. The van der Waals surface area contributed by atoms with Crippen LogP contribution in [-0.4, -0.2) is 83.2 Å². The predicted molar refractivity (Wildman–Crippen MR) is 141 cm³/mol. The molecule has 13 heteroatoms. The first-order valence-electron chi connectivity index (χ1n) is 13.0. The van der Waals surface area contributed by atoms with Crippen LogP contribution in [0.1, 0.15) is 25.3 Å². The molecule has 1 fully saturated rings. The van der Waals surface area contributed by atoms with E-state index in [0.29, 0.717) is 47.5 Å². The number of benzene rings is 2. The van der Waals surface area contributed by atoms with Crippen LogP contribution in [0.25, 0.3) is 11.4 Å². The van der Waals surface area contributed by atoms with Crippen LogP contribution in [0, 0.1) is 0 Å². The molecule has 2 amide bonds. The Morgan fingerprint density at radius 1 is 1.12 bits per heavy atom. The lowest BCUT2D eigenvalue weighted by atomic mass is 10.1. The number of hydrogen-bond donors (Lipinski definition) is 1. The van der Waals surface area contributed by atoms with Gasteiger partial charge in [0.25, 0.3) is 0 Å². The van der Waals surface area contributed by atoms with Crippen molar-refractivity contribution in [1.29, 1.82) is 0 Å². The molecule has 0 aliphatic carbocycles. The number of rotatable bonds is 11. The molecular weight excluding hydrogens is 520 g/mol. The van der Waals surface area contributed by atoms with E-state index in [1.165, 1.54) is 16.8 Å². The van der Waals surface area contributed by atoms with Crippen LogP contribution in [-0.2, 0) is 27.4 Å². The second kappa shape index (κ2) is 12.2. The van der Waals surface area contributed by atoms with Crippen molar-refractivity contribution in [2.24, 2.45) is 0 Å². The summed E-state index contributed by atoms with van der Waals surface area (Å²) in [7, 11) is 3.09. The summed E-state index contributed by atoms with van der Waals surface area (Å²) in [5, 5.41) is 15.5. The number of fused-ring (bicyclic) bond motifs is 1. The highest BCUT2D eigenvalue weighted by molar-refractivity contribution is 5.87. The molecule has 0 saturated carbocycles. The molecule has 2 aromatic carbocycles. The highest BCUT2D eigenvalue weighted by atomic mass is 16.7. The van der Waals surface area contributed by atoms with Crippen molar-refractivity contribution < 1.29 is 33.3 Å². The predicted octanol–water partition coefficient (Wildman–Crippen LogP) is 1.80. The molecule has 212 valence electrons. The Hall–Kier alpha value is -4.39. The second-order valence-corrected chi connectivity index (χ2v) is 9.48. The van der Waals surface area contributed by atoms with E-state index in [1.54, 1.807) is 38.3 Å². The number of aromatic nitrogens is 4. The van der Waals surface area contributed by atoms with Crippen LogP contribution in [0.5, 0.6) is 23.0 Å². The molecule has 3 aromatic rings. The summed E-state index contributed by atoms with van der Waals surface area (Å²) in [6, 6.07) is 9.91. The fourth-order valence-corrected chi connectivity index (χ4v) is 4.60. The van der Waals surface area contributed by atoms with Gasteiger partial charge in [0.15, 0.2) is 23.0 Å². The van der Waals surface area contributed by atoms with E-state index in [1.807, 2.05) is 12.1 Å². The zero-order valence-electron chi connectivity index (χ0n) is 22.7. The van der Waals surface area contributed by atoms with Crippen LogP contribution in [0.15, 0.2) is 36.4 Å². The molecule has 5 rings (SSSR count). The average molecular weight is 553 g/mol. The number of nitrogens with zero attached hydrogens (tertiary/aromatic N) is 5. The maximum atomic E-state index is 13.6. The SMILES string of the molecule is COc1ccc(-c2nnn(CC(=O)N(Cc3ccc4c(c3)OCO4)C(C)C(=O)NCC3CCCO3)n2)cc1OC. The van der Waals surface area contributed by atoms with E-state index in [-0.39, 0.29) is 37.8 Å². The van der Waals surface area contributed by atoms with Crippen molar-refractivity contribution >= 4 is 11.8 Å². The Bertz CT molecular complexity index is 1360. The third-order valence-corrected chi connectivity index (χ3v) is 6.86. The number of carbonyl (C=O) groups is 2. The number of amides is 2. The molecule has 0 spiro atoms. The highest BCUT2D eigenvalue weighted by Gasteiger charge is 2.28. The molecule has 2 aliphatic rings. The highest BCUT2D eigenvalue weighted by Crippen LogP contribution is 2.33. The normalized spacial score (nSPS) is 16.4. The van der Waals surface area contributed by atoms with E-state index in [9.17, 15) is 9.59 Å². The maximum Gasteiger partial charge on any atom is 0.247 e. The first-order valence-corrected chi connectivity index (χ1v) is 13.0. The number of nitrogens with one attached hydrogen (secondary N) is 1. The van der Waals surface area contributed by atoms with Gasteiger partial charge in [-0.05, 0) is 60.9 Å². The fraction of sp³-hybridized carbons (Fsp3) is 0.444. The zero-order chi connectivity index (χ0) is 28.1. The van der Waals surface area contributed by atoms with E-state index < -0.39 is 6.04 Å². The molecule has 2 unspecified atom stereocenters. The molecule has 13 nitrogen and oxygen atoms in total. The Morgan fingerprint density at radius 2 is 1.95 bits per heavy atom. The smallest absolute Gasteiger partial charge is 0.247 e. The van der Waals surface area contributed by atoms with Gasteiger partial charge >= 0.3 is 0 Å². The lowest BCUT2D eigenvalue weighted by Crippen LogP contribution is -2.49. The molecule has 2 atom stereocenters. The van der Waals surface area contributed by atoms with Gasteiger partial charge in [-0.2, -0.15) is 4.80 Å². The minimum Gasteiger partial charge on any atom is -0.493 e. The summed E-state index contributed by atoms with van der Waals surface area (Å²) in [6.07, 6.45) is 1.86. The summed E-state index contributed by atoms with van der Waals surface area (Å²) in [5.74, 6) is 2.01. The molecule has 0 radical (unpaired) electrons.